The van der Waals surface area contributed by atoms with E-state index in [1.807, 2.05) is 13.0 Å². The molecule has 1 heterocycles. The van der Waals surface area contributed by atoms with Gasteiger partial charge in [0, 0.05) is 20.9 Å². The standard InChI is InChI=1S/C26H19Br2FN2O4/c1-2-35-23-14-16(13-22(28)20(23)11-15-4-3-5-18(29)10-15)12-21-24(32)30-26(34)31(25(21)33)19-8-6-17(27)7-9-19/h3-10,12-14H,2,11H2,1H3,(H,30,32,34)/b21-12+. The Hall–Kier alpha value is -3.30. The Morgan fingerprint density at radius 3 is 2.46 bits per heavy atom. The molecule has 35 heavy (non-hydrogen) atoms. The van der Waals surface area contributed by atoms with Crippen LogP contribution in [0.25, 0.3) is 6.08 Å². The Bertz CT molecular complexity index is 1360. The van der Waals surface area contributed by atoms with Crippen molar-refractivity contribution >= 4 is 61.5 Å². The van der Waals surface area contributed by atoms with Gasteiger partial charge in [-0.25, -0.2) is 14.1 Å². The third-order valence-electron chi connectivity index (χ3n) is 5.24. The van der Waals surface area contributed by atoms with Gasteiger partial charge in [-0.2, -0.15) is 0 Å². The van der Waals surface area contributed by atoms with Crippen molar-refractivity contribution in [1.29, 1.82) is 0 Å². The van der Waals surface area contributed by atoms with Crippen LogP contribution in [0.5, 0.6) is 5.75 Å². The average Bonchev–Trinajstić information content (AvgIpc) is 2.80. The first-order chi connectivity index (χ1) is 16.8. The van der Waals surface area contributed by atoms with E-state index in [1.165, 1.54) is 18.2 Å². The Balaban J connectivity index is 1.71. The van der Waals surface area contributed by atoms with Crippen LogP contribution in [-0.4, -0.2) is 24.5 Å². The van der Waals surface area contributed by atoms with Crippen molar-refractivity contribution < 1.29 is 23.5 Å². The summed E-state index contributed by atoms with van der Waals surface area (Å²) < 4.78 is 20.9. The summed E-state index contributed by atoms with van der Waals surface area (Å²) in [5.74, 6) is -1.32. The van der Waals surface area contributed by atoms with Crippen molar-refractivity contribution in [3.05, 3.63) is 97.7 Å². The Kier molecular flexibility index (Phi) is 7.47. The van der Waals surface area contributed by atoms with Gasteiger partial charge in [-0.1, -0.05) is 44.0 Å². The largest absolute Gasteiger partial charge is 0.494 e. The number of benzene rings is 3. The van der Waals surface area contributed by atoms with Crippen molar-refractivity contribution in [2.75, 3.05) is 11.5 Å². The van der Waals surface area contributed by atoms with Gasteiger partial charge >= 0.3 is 6.03 Å². The van der Waals surface area contributed by atoms with Crippen LogP contribution in [0.4, 0.5) is 14.9 Å². The number of ether oxygens (including phenoxy) is 1. The number of hydrogen-bond acceptors (Lipinski definition) is 4. The van der Waals surface area contributed by atoms with Gasteiger partial charge in [0.25, 0.3) is 11.8 Å². The maximum atomic E-state index is 13.7. The zero-order chi connectivity index (χ0) is 25.1. The van der Waals surface area contributed by atoms with Crippen molar-refractivity contribution in [2.24, 2.45) is 0 Å². The predicted octanol–water partition coefficient (Wildman–Crippen LogP) is 6.01. The molecule has 1 N–H and O–H groups in total. The summed E-state index contributed by atoms with van der Waals surface area (Å²) in [7, 11) is 0. The topological polar surface area (TPSA) is 75.7 Å². The minimum absolute atomic E-state index is 0.195. The third-order valence-corrected chi connectivity index (χ3v) is 6.48. The lowest BCUT2D eigenvalue weighted by atomic mass is 10.0. The summed E-state index contributed by atoms with van der Waals surface area (Å²) >= 11 is 6.86. The lowest BCUT2D eigenvalue weighted by molar-refractivity contribution is -0.122. The number of urea groups is 1. The molecular formula is C26H19Br2FN2O4. The van der Waals surface area contributed by atoms with Crippen LogP contribution in [0, 0.1) is 5.82 Å². The molecule has 4 amide bonds. The second-order valence-corrected chi connectivity index (χ2v) is 9.42. The summed E-state index contributed by atoms with van der Waals surface area (Å²) in [5.41, 5.74) is 2.22. The van der Waals surface area contributed by atoms with Gasteiger partial charge in [0.1, 0.15) is 17.1 Å². The maximum Gasteiger partial charge on any atom is 0.335 e. The molecule has 3 aromatic carbocycles. The molecule has 9 heteroatoms. The molecule has 0 saturated carbocycles. The van der Waals surface area contributed by atoms with E-state index in [0.29, 0.717) is 34.5 Å². The highest BCUT2D eigenvalue weighted by molar-refractivity contribution is 9.10. The van der Waals surface area contributed by atoms with Crippen molar-refractivity contribution in [3.8, 4) is 5.75 Å². The number of hydrogen-bond donors (Lipinski definition) is 1. The number of nitrogens with one attached hydrogen (secondary N) is 1. The zero-order valence-corrected chi connectivity index (χ0v) is 21.7. The number of anilines is 1. The highest BCUT2D eigenvalue weighted by Gasteiger charge is 2.36. The molecule has 1 saturated heterocycles. The normalized spacial score (nSPS) is 14.9. The summed E-state index contributed by atoms with van der Waals surface area (Å²) in [6.07, 6.45) is 1.82. The molecule has 178 valence electrons. The van der Waals surface area contributed by atoms with E-state index in [-0.39, 0.29) is 11.4 Å². The minimum atomic E-state index is -0.818. The van der Waals surface area contributed by atoms with Crippen molar-refractivity contribution in [3.63, 3.8) is 0 Å². The molecule has 0 spiro atoms. The predicted molar refractivity (Wildman–Crippen MR) is 138 cm³/mol. The van der Waals surface area contributed by atoms with E-state index < -0.39 is 17.8 Å². The van der Waals surface area contributed by atoms with E-state index in [0.717, 1.165) is 20.5 Å². The van der Waals surface area contributed by atoms with Gasteiger partial charge in [0.15, 0.2) is 0 Å². The van der Waals surface area contributed by atoms with E-state index in [2.05, 4.69) is 37.2 Å². The number of nitrogens with zero attached hydrogens (tertiary/aromatic N) is 1. The number of carbonyl (C=O) groups excluding carboxylic acids is 3. The number of carbonyl (C=O) groups is 3. The van der Waals surface area contributed by atoms with Crippen LogP contribution >= 0.6 is 31.9 Å². The molecule has 0 unspecified atom stereocenters. The molecule has 0 radical (unpaired) electrons. The average molecular weight is 602 g/mol. The number of imide groups is 2. The summed E-state index contributed by atoms with van der Waals surface area (Å²) in [6.45, 7) is 2.22. The molecule has 3 aromatic rings. The van der Waals surface area contributed by atoms with Crippen molar-refractivity contribution in [2.45, 2.75) is 13.3 Å². The van der Waals surface area contributed by atoms with Crippen LogP contribution in [0.3, 0.4) is 0 Å². The van der Waals surface area contributed by atoms with E-state index >= 15 is 0 Å². The molecular weight excluding hydrogens is 583 g/mol. The monoisotopic (exact) mass is 600 g/mol. The van der Waals surface area contributed by atoms with Crippen LogP contribution < -0.4 is 15.0 Å². The van der Waals surface area contributed by atoms with Gasteiger partial charge in [-0.05, 0) is 72.7 Å². The molecule has 1 aliphatic heterocycles. The Morgan fingerprint density at radius 1 is 1.03 bits per heavy atom. The molecule has 4 rings (SSSR count). The molecule has 0 atom stereocenters. The van der Waals surface area contributed by atoms with E-state index in [9.17, 15) is 18.8 Å². The fourth-order valence-corrected chi connectivity index (χ4v) is 4.53. The number of halogens is 3. The van der Waals surface area contributed by atoms with Gasteiger partial charge < -0.3 is 4.74 Å². The first kappa shape index (κ1) is 24.8. The second-order valence-electron chi connectivity index (χ2n) is 7.65. The second kappa shape index (κ2) is 10.5. The van der Waals surface area contributed by atoms with Crippen LogP contribution in [-0.2, 0) is 16.0 Å². The molecule has 1 fully saturated rings. The van der Waals surface area contributed by atoms with Gasteiger partial charge in [-0.3, -0.25) is 14.9 Å². The maximum absolute atomic E-state index is 13.7. The summed E-state index contributed by atoms with van der Waals surface area (Å²) in [6, 6.07) is 15.5. The van der Waals surface area contributed by atoms with E-state index in [1.54, 1.807) is 42.5 Å². The van der Waals surface area contributed by atoms with Crippen LogP contribution in [0.2, 0.25) is 0 Å². The third kappa shape index (κ3) is 5.52. The Morgan fingerprint density at radius 2 is 1.77 bits per heavy atom. The summed E-state index contributed by atoms with van der Waals surface area (Å²) in [5, 5.41) is 2.22. The van der Waals surface area contributed by atoms with Crippen LogP contribution in [0.1, 0.15) is 23.6 Å². The fourth-order valence-electron chi connectivity index (χ4n) is 3.67. The van der Waals surface area contributed by atoms with Gasteiger partial charge in [0.05, 0.1) is 12.3 Å². The first-order valence-electron chi connectivity index (χ1n) is 10.6. The number of amides is 4. The summed E-state index contributed by atoms with van der Waals surface area (Å²) in [4.78, 5) is 39.0. The van der Waals surface area contributed by atoms with Gasteiger partial charge in [0.2, 0.25) is 0 Å². The van der Waals surface area contributed by atoms with E-state index in [4.69, 9.17) is 4.74 Å². The first-order valence-corrected chi connectivity index (χ1v) is 12.2. The number of barbiturate groups is 1. The molecule has 6 nitrogen and oxygen atoms in total. The zero-order valence-electron chi connectivity index (χ0n) is 18.5. The van der Waals surface area contributed by atoms with Crippen LogP contribution in [0.15, 0.2) is 75.2 Å². The molecule has 0 bridgehead atoms. The number of rotatable bonds is 6. The fraction of sp³-hybridized carbons (Fsp3) is 0.115. The highest BCUT2D eigenvalue weighted by atomic mass is 79.9. The lowest BCUT2D eigenvalue weighted by Gasteiger charge is -2.26. The van der Waals surface area contributed by atoms with Gasteiger partial charge in [-0.15, -0.1) is 0 Å². The smallest absolute Gasteiger partial charge is 0.335 e. The Labute approximate surface area is 218 Å². The lowest BCUT2D eigenvalue weighted by Crippen LogP contribution is -2.54. The molecule has 0 aliphatic carbocycles. The quantitative estimate of drug-likeness (QED) is 0.277. The molecule has 1 aliphatic rings. The molecule has 0 aromatic heterocycles. The SMILES string of the molecule is CCOc1cc(/C=C2\C(=O)NC(=O)N(c3ccc(Br)cc3)C2=O)cc(Br)c1Cc1cccc(F)c1. The highest BCUT2D eigenvalue weighted by Crippen LogP contribution is 2.33. The van der Waals surface area contributed by atoms with Crippen molar-refractivity contribution in [1.82, 2.24) is 5.32 Å². The minimum Gasteiger partial charge on any atom is -0.494 e.